The summed E-state index contributed by atoms with van der Waals surface area (Å²) in [5.41, 5.74) is 0. The molecule has 1 fully saturated rings. The summed E-state index contributed by atoms with van der Waals surface area (Å²) in [7, 11) is 0. The van der Waals surface area contributed by atoms with E-state index in [1.54, 1.807) is 0 Å². The van der Waals surface area contributed by atoms with Gasteiger partial charge in [-0.2, -0.15) is 0 Å². The first kappa shape index (κ1) is 6.46. The van der Waals surface area contributed by atoms with E-state index < -0.39 is 5.97 Å². The molecule has 1 N–H and O–H groups in total. The van der Waals surface area contributed by atoms with E-state index in [0.717, 1.165) is 0 Å². The van der Waals surface area contributed by atoms with Crippen molar-refractivity contribution in [3.63, 3.8) is 0 Å². The number of carbonyl (C=O) groups is 1. The van der Waals surface area contributed by atoms with Gasteiger partial charge in [0.15, 0.2) is 0 Å². The van der Waals surface area contributed by atoms with Crippen molar-refractivity contribution in [2.45, 2.75) is 0 Å². The molecule has 0 amide bonds. The van der Waals surface area contributed by atoms with E-state index in [0.29, 0.717) is 23.7 Å². The molecule has 0 heterocycles. The summed E-state index contributed by atoms with van der Waals surface area (Å²) in [5.74, 6) is 1.05. The standard InChI is InChI=1S/C10H10O2/c11-10(12)9-6-3-1-5-2-4-7(9)8(5)6/h1-9H,(H,11,12)/t5?,6-,7-,8?,9?/m0/s1. The Balaban J connectivity index is 1.98. The molecule has 0 aromatic heterocycles. The van der Waals surface area contributed by atoms with E-state index in [2.05, 4.69) is 24.3 Å². The highest BCUT2D eigenvalue weighted by Gasteiger charge is 2.57. The molecule has 3 aliphatic carbocycles. The number of rotatable bonds is 1. The summed E-state index contributed by atoms with van der Waals surface area (Å²) in [5, 5.41) is 8.93. The van der Waals surface area contributed by atoms with E-state index in [1.807, 2.05) is 0 Å². The maximum absolute atomic E-state index is 10.8. The number of allylic oxidation sites excluding steroid dienone is 4. The molecule has 0 unspecified atom stereocenters. The monoisotopic (exact) mass is 162 g/mol. The highest BCUT2D eigenvalue weighted by molar-refractivity contribution is 5.74. The van der Waals surface area contributed by atoms with E-state index in [1.165, 1.54) is 0 Å². The molecule has 0 aromatic rings. The van der Waals surface area contributed by atoms with Gasteiger partial charge in [0, 0.05) is 0 Å². The summed E-state index contributed by atoms with van der Waals surface area (Å²) < 4.78 is 0. The zero-order valence-corrected chi connectivity index (χ0v) is 6.55. The number of hydrogen-bond donors (Lipinski definition) is 1. The van der Waals surface area contributed by atoms with Gasteiger partial charge in [-0.15, -0.1) is 0 Å². The summed E-state index contributed by atoms with van der Waals surface area (Å²) in [6.07, 6.45) is 8.51. The van der Waals surface area contributed by atoms with Crippen LogP contribution < -0.4 is 0 Å². The van der Waals surface area contributed by atoms with Gasteiger partial charge in [0.05, 0.1) is 5.92 Å². The Kier molecular flexibility index (Phi) is 0.978. The number of carboxylic acids is 1. The van der Waals surface area contributed by atoms with Gasteiger partial charge in [-0.25, -0.2) is 0 Å². The fraction of sp³-hybridized carbons (Fsp3) is 0.500. The Morgan fingerprint density at radius 1 is 1.08 bits per heavy atom. The zero-order valence-electron chi connectivity index (χ0n) is 6.55. The molecule has 0 spiro atoms. The van der Waals surface area contributed by atoms with Gasteiger partial charge in [0.1, 0.15) is 0 Å². The molecule has 0 aromatic carbocycles. The molecule has 2 atom stereocenters. The van der Waals surface area contributed by atoms with E-state index in [-0.39, 0.29) is 5.92 Å². The van der Waals surface area contributed by atoms with Crippen LogP contribution in [-0.4, -0.2) is 11.1 Å². The highest BCUT2D eigenvalue weighted by Crippen LogP contribution is 2.58. The van der Waals surface area contributed by atoms with Gasteiger partial charge in [-0.05, 0) is 23.7 Å². The lowest BCUT2D eigenvalue weighted by molar-refractivity contribution is -0.152. The second kappa shape index (κ2) is 1.82. The fourth-order valence-corrected chi connectivity index (χ4v) is 3.02. The molecular formula is C10H10O2. The first-order valence-corrected chi connectivity index (χ1v) is 4.38. The van der Waals surface area contributed by atoms with Crippen LogP contribution in [0.3, 0.4) is 0 Å². The third-order valence-corrected chi connectivity index (χ3v) is 3.56. The van der Waals surface area contributed by atoms with Crippen molar-refractivity contribution in [2.75, 3.05) is 0 Å². The molecular weight excluding hydrogens is 152 g/mol. The first-order valence-electron chi connectivity index (χ1n) is 4.38. The zero-order chi connectivity index (χ0) is 8.29. The van der Waals surface area contributed by atoms with Gasteiger partial charge in [-0.3, -0.25) is 4.79 Å². The topological polar surface area (TPSA) is 37.3 Å². The van der Waals surface area contributed by atoms with Gasteiger partial charge >= 0.3 is 5.97 Å². The number of hydrogen-bond acceptors (Lipinski definition) is 1. The van der Waals surface area contributed by atoms with Crippen LogP contribution in [0.2, 0.25) is 0 Å². The maximum atomic E-state index is 10.8. The number of aliphatic carboxylic acids is 1. The summed E-state index contributed by atoms with van der Waals surface area (Å²) in [6.45, 7) is 0. The summed E-state index contributed by atoms with van der Waals surface area (Å²) >= 11 is 0. The van der Waals surface area contributed by atoms with E-state index >= 15 is 0 Å². The van der Waals surface area contributed by atoms with Crippen molar-refractivity contribution in [1.29, 1.82) is 0 Å². The lowest BCUT2D eigenvalue weighted by Gasteiger charge is -2.43. The molecule has 2 heteroatoms. The quantitative estimate of drug-likeness (QED) is 0.590. The molecule has 3 rings (SSSR count). The van der Waals surface area contributed by atoms with Crippen LogP contribution in [0.15, 0.2) is 24.3 Å². The SMILES string of the molecule is O=C(O)C1[C@H]2C=CC3C=C[C@H]1C32. The van der Waals surface area contributed by atoms with E-state index in [4.69, 9.17) is 5.11 Å². The molecule has 3 aliphatic rings. The van der Waals surface area contributed by atoms with Gasteiger partial charge < -0.3 is 5.11 Å². The van der Waals surface area contributed by atoms with Crippen LogP contribution in [0, 0.1) is 29.6 Å². The third-order valence-electron chi connectivity index (χ3n) is 3.56. The van der Waals surface area contributed by atoms with Crippen molar-refractivity contribution >= 4 is 5.97 Å². The van der Waals surface area contributed by atoms with Crippen LogP contribution in [0.1, 0.15) is 0 Å². The van der Waals surface area contributed by atoms with Crippen molar-refractivity contribution < 1.29 is 9.90 Å². The molecule has 12 heavy (non-hydrogen) atoms. The van der Waals surface area contributed by atoms with Crippen molar-refractivity contribution in [2.24, 2.45) is 29.6 Å². The molecule has 0 bridgehead atoms. The minimum Gasteiger partial charge on any atom is -0.481 e. The molecule has 0 saturated heterocycles. The molecule has 2 nitrogen and oxygen atoms in total. The largest absolute Gasteiger partial charge is 0.481 e. The van der Waals surface area contributed by atoms with Gasteiger partial charge in [0.25, 0.3) is 0 Å². The van der Waals surface area contributed by atoms with E-state index in [9.17, 15) is 4.79 Å². The average Bonchev–Trinajstić information content (AvgIpc) is 2.36. The highest BCUT2D eigenvalue weighted by atomic mass is 16.4. The smallest absolute Gasteiger partial charge is 0.307 e. The predicted octanol–water partition coefficient (Wildman–Crippen LogP) is 1.31. The van der Waals surface area contributed by atoms with Crippen LogP contribution in [0.5, 0.6) is 0 Å². The first-order chi connectivity index (χ1) is 5.79. The van der Waals surface area contributed by atoms with Crippen LogP contribution >= 0.6 is 0 Å². The fourth-order valence-electron chi connectivity index (χ4n) is 3.02. The lowest BCUT2D eigenvalue weighted by atomic mass is 9.58. The van der Waals surface area contributed by atoms with Crippen molar-refractivity contribution in [3.05, 3.63) is 24.3 Å². The second-order valence-corrected chi connectivity index (χ2v) is 3.94. The van der Waals surface area contributed by atoms with Crippen LogP contribution in [0.4, 0.5) is 0 Å². The average molecular weight is 162 g/mol. The maximum Gasteiger partial charge on any atom is 0.307 e. The second-order valence-electron chi connectivity index (χ2n) is 3.94. The Labute approximate surface area is 70.6 Å². The molecule has 1 saturated carbocycles. The normalized spacial score (nSPS) is 52.2. The Morgan fingerprint density at radius 2 is 1.67 bits per heavy atom. The molecule has 62 valence electrons. The lowest BCUT2D eigenvalue weighted by Crippen LogP contribution is -2.47. The minimum absolute atomic E-state index is 0.130. The number of carboxylic acid groups (broad SMARTS) is 1. The summed E-state index contributed by atoms with van der Waals surface area (Å²) in [6, 6.07) is 0. The third kappa shape index (κ3) is 0.521. The molecule has 0 aliphatic heterocycles. The van der Waals surface area contributed by atoms with Crippen molar-refractivity contribution in [3.8, 4) is 0 Å². The minimum atomic E-state index is -0.627. The van der Waals surface area contributed by atoms with Crippen LogP contribution in [0.25, 0.3) is 0 Å². The van der Waals surface area contributed by atoms with Gasteiger partial charge in [0.2, 0.25) is 0 Å². The predicted molar refractivity (Wildman–Crippen MR) is 43.4 cm³/mol. The Morgan fingerprint density at radius 3 is 2.17 bits per heavy atom. The Bertz CT molecular complexity index is 281. The van der Waals surface area contributed by atoms with Gasteiger partial charge in [-0.1, -0.05) is 24.3 Å². The van der Waals surface area contributed by atoms with Crippen molar-refractivity contribution in [1.82, 2.24) is 0 Å². The molecule has 0 radical (unpaired) electrons. The Hall–Kier alpha value is -1.05. The van der Waals surface area contributed by atoms with Crippen LogP contribution in [-0.2, 0) is 4.79 Å². The summed E-state index contributed by atoms with van der Waals surface area (Å²) in [4.78, 5) is 10.8.